The lowest BCUT2D eigenvalue weighted by Gasteiger charge is -1.99. The van der Waals surface area contributed by atoms with Crippen LogP contribution in [0.1, 0.15) is 10.4 Å². The van der Waals surface area contributed by atoms with Crippen molar-refractivity contribution in [2.75, 3.05) is 12.4 Å². The Balaban J connectivity index is 0.000000399. The molecule has 0 saturated carbocycles. The molecule has 4 nitrogen and oxygen atoms in total. The summed E-state index contributed by atoms with van der Waals surface area (Å²) in [7, 11) is 3.79. The molecule has 3 heterocycles. The van der Waals surface area contributed by atoms with Gasteiger partial charge in [0.1, 0.15) is 5.65 Å². The van der Waals surface area contributed by atoms with Crippen molar-refractivity contribution in [1.29, 1.82) is 0 Å². The molecule has 0 fully saturated rings. The maximum absolute atomic E-state index is 12.9. The van der Waals surface area contributed by atoms with E-state index < -0.39 is 5.83 Å². The first-order chi connectivity index (χ1) is 11.9. The highest BCUT2D eigenvalue weighted by Crippen LogP contribution is 2.21. The second-order valence-corrected chi connectivity index (χ2v) is 5.95. The van der Waals surface area contributed by atoms with Crippen LogP contribution >= 0.6 is 11.3 Å². The number of halogens is 2. The number of carbonyl (C=O) groups is 1. The summed E-state index contributed by atoms with van der Waals surface area (Å²) in [6, 6.07) is 5.13. The van der Waals surface area contributed by atoms with Crippen molar-refractivity contribution in [3.05, 3.63) is 58.6 Å². The molecule has 0 bridgehead atoms. The second kappa shape index (κ2) is 8.22. The number of aldehydes is 1. The summed E-state index contributed by atoms with van der Waals surface area (Å²) in [6.07, 6.45) is 3.78. The van der Waals surface area contributed by atoms with Crippen molar-refractivity contribution >= 4 is 34.3 Å². The fourth-order valence-corrected chi connectivity index (χ4v) is 2.59. The summed E-state index contributed by atoms with van der Waals surface area (Å²) < 4.78 is 25.7. The zero-order valence-electron chi connectivity index (χ0n) is 13.6. The number of anilines is 1. The number of hydrogen-bond acceptors (Lipinski definition) is 4. The zero-order chi connectivity index (χ0) is 18.4. The number of nitrogens with one attached hydrogen (secondary N) is 1. The van der Waals surface area contributed by atoms with Gasteiger partial charge in [0, 0.05) is 25.7 Å². The van der Waals surface area contributed by atoms with Gasteiger partial charge >= 0.3 is 0 Å². The molecule has 25 heavy (non-hydrogen) atoms. The van der Waals surface area contributed by atoms with E-state index in [9.17, 15) is 8.78 Å². The average Bonchev–Trinajstić information content (AvgIpc) is 3.16. The van der Waals surface area contributed by atoms with Crippen molar-refractivity contribution in [1.82, 2.24) is 9.55 Å². The Morgan fingerprint density at radius 1 is 1.44 bits per heavy atom. The van der Waals surface area contributed by atoms with Gasteiger partial charge in [0.2, 0.25) is 0 Å². The van der Waals surface area contributed by atoms with Gasteiger partial charge in [-0.15, -0.1) is 0 Å². The lowest BCUT2D eigenvalue weighted by molar-refractivity contribution is -0.106. The van der Waals surface area contributed by atoms with Gasteiger partial charge in [0.05, 0.1) is 22.3 Å². The van der Waals surface area contributed by atoms with Crippen LogP contribution in [0.25, 0.3) is 11.0 Å². The third-order valence-corrected chi connectivity index (χ3v) is 3.91. The number of rotatable bonds is 2. The zero-order valence-corrected chi connectivity index (χ0v) is 14.5. The minimum Gasteiger partial charge on any atom is -0.387 e. The topological polar surface area (TPSA) is 46.9 Å². The highest BCUT2D eigenvalue weighted by atomic mass is 32.1. The van der Waals surface area contributed by atoms with Crippen LogP contribution in [-0.4, -0.2) is 22.9 Å². The monoisotopic (exact) mass is 359 g/mol. The molecule has 0 radical (unpaired) electrons. The number of fused-ring (bicyclic) bond motifs is 1. The van der Waals surface area contributed by atoms with E-state index in [2.05, 4.69) is 28.7 Å². The van der Waals surface area contributed by atoms with E-state index in [-0.39, 0.29) is 11.4 Å². The predicted molar refractivity (Wildman–Crippen MR) is 96.8 cm³/mol. The Hall–Kier alpha value is -2.98. The van der Waals surface area contributed by atoms with E-state index in [1.165, 1.54) is 6.07 Å². The number of nitrogens with zero attached hydrogens (tertiary/aromatic N) is 2. The third kappa shape index (κ3) is 4.75. The molecular formula is C18H15F2N3OS. The van der Waals surface area contributed by atoms with E-state index in [1.807, 2.05) is 30.9 Å². The molecule has 7 heteroatoms. The van der Waals surface area contributed by atoms with Gasteiger partial charge in [-0.05, 0) is 18.2 Å². The fraction of sp³-hybridized carbons (Fsp3) is 0.111. The molecule has 3 rings (SSSR count). The number of aromatic nitrogens is 2. The average molecular weight is 359 g/mol. The molecule has 0 amide bonds. The molecule has 0 spiro atoms. The minimum atomic E-state index is -0.926. The van der Waals surface area contributed by atoms with E-state index in [0.29, 0.717) is 0 Å². The second-order valence-electron chi connectivity index (χ2n) is 4.92. The number of hydrogen-bond donors (Lipinski definition) is 1. The molecule has 3 aromatic heterocycles. The maximum Gasteiger partial charge on any atom is 0.177 e. The molecule has 1 N–H and O–H groups in total. The molecule has 0 aliphatic heterocycles. The highest BCUT2D eigenvalue weighted by molar-refractivity contribution is 7.10. The Bertz CT molecular complexity index is 979. The maximum atomic E-state index is 12.9. The Kier molecular flexibility index (Phi) is 6.03. The normalized spacial score (nSPS) is 9.60. The van der Waals surface area contributed by atoms with Crippen LogP contribution in [-0.2, 0) is 11.8 Å². The van der Waals surface area contributed by atoms with Crippen LogP contribution < -0.4 is 5.32 Å². The number of thiophene rings is 1. The van der Waals surface area contributed by atoms with Gasteiger partial charge < -0.3 is 9.88 Å². The van der Waals surface area contributed by atoms with Crippen LogP contribution in [0, 0.1) is 17.0 Å². The molecule has 3 aromatic rings. The van der Waals surface area contributed by atoms with Gasteiger partial charge in [0.15, 0.2) is 17.2 Å². The lowest BCUT2D eigenvalue weighted by atomic mass is 10.2. The van der Waals surface area contributed by atoms with Gasteiger partial charge in [-0.3, -0.25) is 4.79 Å². The number of pyridine rings is 1. The standard InChI is InChI=1S/C15H12FN3S.C3H3FO/c1-17-11-7-13-10(9-19(2)15(13)18-8-11)3-4-12-5-6-14(16)20-12;1-3(4)2-5/h5-9,17H,1-2H3;2H,1H2. The first-order valence-electron chi connectivity index (χ1n) is 7.14. The number of carbonyl (C=O) groups excluding carboxylic acids is 1. The SMILES string of the molecule is C=C(F)C=O.CNc1cnc2c(c1)c(C#Cc1ccc(F)s1)cn2C. The van der Waals surface area contributed by atoms with Gasteiger partial charge in [0.25, 0.3) is 0 Å². The van der Waals surface area contributed by atoms with E-state index in [0.717, 1.165) is 38.5 Å². The number of allylic oxidation sites excluding steroid dienone is 1. The van der Waals surface area contributed by atoms with Crippen LogP contribution in [0.4, 0.5) is 14.5 Å². The lowest BCUT2D eigenvalue weighted by Crippen LogP contribution is -1.91. The molecule has 0 atom stereocenters. The van der Waals surface area contributed by atoms with Gasteiger partial charge in [-0.1, -0.05) is 29.8 Å². The van der Waals surface area contributed by atoms with Crippen molar-refractivity contribution in [3.63, 3.8) is 0 Å². The fourth-order valence-electron chi connectivity index (χ4n) is 2.01. The first-order valence-corrected chi connectivity index (χ1v) is 7.96. The van der Waals surface area contributed by atoms with Crippen LogP contribution in [0.2, 0.25) is 0 Å². The molecule has 0 aliphatic carbocycles. The third-order valence-electron chi connectivity index (χ3n) is 3.12. The smallest absolute Gasteiger partial charge is 0.177 e. The quantitative estimate of drug-likeness (QED) is 0.429. The molecule has 0 unspecified atom stereocenters. The highest BCUT2D eigenvalue weighted by Gasteiger charge is 2.06. The predicted octanol–water partition coefficient (Wildman–Crippen LogP) is 3.88. The van der Waals surface area contributed by atoms with Crippen molar-refractivity contribution in [2.24, 2.45) is 7.05 Å². The van der Waals surface area contributed by atoms with E-state index in [4.69, 9.17) is 4.79 Å². The summed E-state index contributed by atoms with van der Waals surface area (Å²) in [5.41, 5.74) is 2.71. The molecular weight excluding hydrogens is 344 g/mol. The molecule has 0 aromatic carbocycles. The summed E-state index contributed by atoms with van der Waals surface area (Å²) in [4.78, 5) is 14.2. The number of aryl methyl sites for hydroxylation is 1. The Morgan fingerprint density at radius 2 is 2.16 bits per heavy atom. The first kappa shape index (κ1) is 18.4. The summed E-state index contributed by atoms with van der Waals surface area (Å²) in [5.74, 6) is 5.16. The molecule has 0 saturated heterocycles. The van der Waals surface area contributed by atoms with E-state index in [1.54, 1.807) is 12.3 Å². The summed E-state index contributed by atoms with van der Waals surface area (Å²) in [6.45, 7) is 2.64. The Morgan fingerprint density at radius 3 is 2.72 bits per heavy atom. The summed E-state index contributed by atoms with van der Waals surface area (Å²) >= 11 is 1.05. The van der Waals surface area contributed by atoms with Crippen LogP contribution in [0.5, 0.6) is 0 Å². The Labute approximate surface area is 147 Å². The van der Waals surface area contributed by atoms with Crippen LogP contribution in [0.3, 0.4) is 0 Å². The molecule has 0 aliphatic rings. The van der Waals surface area contributed by atoms with E-state index >= 15 is 0 Å². The van der Waals surface area contributed by atoms with Crippen molar-refractivity contribution < 1.29 is 13.6 Å². The van der Waals surface area contributed by atoms with Gasteiger partial charge in [-0.25, -0.2) is 9.37 Å². The van der Waals surface area contributed by atoms with Crippen molar-refractivity contribution in [3.8, 4) is 11.8 Å². The van der Waals surface area contributed by atoms with Gasteiger partial charge in [-0.2, -0.15) is 4.39 Å². The van der Waals surface area contributed by atoms with Crippen molar-refractivity contribution in [2.45, 2.75) is 0 Å². The van der Waals surface area contributed by atoms with Crippen LogP contribution in [0.15, 0.2) is 43.0 Å². The largest absolute Gasteiger partial charge is 0.387 e. The molecule has 128 valence electrons. The summed E-state index contributed by atoms with van der Waals surface area (Å²) in [5, 5.41) is 3.84. The minimum absolute atomic E-state index is 0.0556.